The van der Waals surface area contributed by atoms with E-state index in [1.54, 1.807) is 24.3 Å². The predicted molar refractivity (Wildman–Crippen MR) is 78.9 cm³/mol. The van der Waals surface area contributed by atoms with Crippen LogP contribution in [0.2, 0.25) is 0 Å². The highest BCUT2D eigenvalue weighted by molar-refractivity contribution is 6.39. The van der Waals surface area contributed by atoms with Crippen molar-refractivity contribution in [2.45, 2.75) is 13.3 Å². The van der Waals surface area contributed by atoms with E-state index in [1.807, 2.05) is 19.1 Å². The molecule has 6 heteroatoms. The van der Waals surface area contributed by atoms with E-state index in [1.165, 1.54) is 12.5 Å². The smallest absolute Gasteiger partial charge is 0.329 e. The first-order valence-electron chi connectivity index (χ1n) is 6.46. The molecule has 0 spiro atoms. The van der Waals surface area contributed by atoms with Gasteiger partial charge in [0.1, 0.15) is 5.76 Å². The molecule has 108 valence electrons. The lowest BCUT2D eigenvalue weighted by molar-refractivity contribution is -0.136. The highest BCUT2D eigenvalue weighted by Gasteiger charge is 2.14. The third-order valence-corrected chi connectivity index (χ3v) is 2.75. The minimum absolute atomic E-state index is 0.479. The van der Waals surface area contributed by atoms with Crippen LogP contribution in [0.15, 0.2) is 52.2 Å². The van der Waals surface area contributed by atoms with Gasteiger partial charge in [-0.1, -0.05) is 25.1 Å². The number of para-hydroxylation sites is 1. The number of hydrogen-bond acceptors (Lipinski definition) is 4. The average Bonchev–Trinajstić information content (AvgIpc) is 3.01. The van der Waals surface area contributed by atoms with Gasteiger partial charge in [0, 0.05) is 5.69 Å². The maximum atomic E-state index is 11.8. The number of anilines is 1. The lowest BCUT2D eigenvalue weighted by Crippen LogP contribution is -2.32. The summed E-state index contributed by atoms with van der Waals surface area (Å²) in [6.07, 6.45) is 3.55. The molecule has 2 N–H and O–H groups in total. The first-order chi connectivity index (χ1) is 10.2. The first-order valence-corrected chi connectivity index (χ1v) is 6.46. The molecule has 2 aromatic rings. The quantitative estimate of drug-likeness (QED) is 0.511. The van der Waals surface area contributed by atoms with Gasteiger partial charge in [-0.25, -0.2) is 5.43 Å². The van der Waals surface area contributed by atoms with E-state index in [2.05, 4.69) is 15.8 Å². The number of nitrogens with one attached hydrogen (secondary N) is 2. The Morgan fingerprint density at radius 1 is 1.19 bits per heavy atom. The Balaban J connectivity index is 1.92. The topological polar surface area (TPSA) is 83.7 Å². The third-order valence-electron chi connectivity index (χ3n) is 2.75. The SMILES string of the molecule is CCc1ccccc1NC(=O)C(=O)N/N=C\c1ccco1. The summed E-state index contributed by atoms with van der Waals surface area (Å²) in [7, 11) is 0. The van der Waals surface area contributed by atoms with Crippen LogP contribution in [0.4, 0.5) is 5.69 Å². The van der Waals surface area contributed by atoms with Crippen LogP contribution >= 0.6 is 0 Å². The van der Waals surface area contributed by atoms with Crippen molar-refractivity contribution >= 4 is 23.7 Å². The maximum absolute atomic E-state index is 11.8. The van der Waals surface area contributed by atoms with Crippen LogP contribution in [0, 0.1) is 0 Å². The maximum Gasteiger partial charge on any atom is 0.329 e. The van der Waals surface area contributed by atoms with Crippen molar-refractivity contribution in [3.8, 4) is 0 Å². The third kappa shape index (κ3) is 4.04. The number of carbonyl (C=O) groups excluding carboxylic acids is 2. The van der Waals surface area contributed by atoms with Crippen LogP contribution in [0.3, 0.4) is 0 Å². The molecule has 0 unspecified atom stereocenters. The molecule has 0 saturated heterocycles. The molecule has 0 fully saturated rings. The van der Waals surface area contributed by atoms with Crippen LogP contribution in [0.1, 0.15) is 18.2 Å². The van der Waals surface area contributed by atoms with E-state index >= 15 is 0 Å². The molecule has 0 radical (unpaired) electrons. The normalized spacial score (nSPS) is 10.5. The second kappa shape index (κ2) is 7.04. The number of nitrogens with zero attached hydrogens (tertiary/aromatic N) is 1. The second-order valence-corrected chi connectivity index (χ2v) is 4.18. The number of furan rings is 1. The molecule has 0 atom stereocenters. The lowest BCUT2D eigenvalue weighted by Gasteiger charge is -2.08. The molecular formula is C15H15N3O3. The number of hydrogen-bond donors (Lipinski definition) is 2. The van der Waals surface area contributed by atoms with Crippen molar-refractivity contribution in [3.05, 3.63) is 54.0 Å². The van der Waals surface area contributed by atoms with Gasteiger partial charge in [-0.05, 0) is 30.2 Å². The summed E-state index contributed by atoms with van der Waals surface area (Å²) < 4.78 is 5.00. The van der Waals surface area contributed by atoms with Gasteiger partial charge in [0.15, 0.2) is 0 Å². The number of aryl methyl sites for hydroxylation is 1. The van der Waals surface area contributed by atoms with Crippen molar-refractivity contribution in [3.63, 3.8) is 0 Å². The minimum Gasteiger partial charge on any atom is -0.463 e. The van der Waals surface area contributed by atoms with Gasteiger partial charge in [0.05, 0.1) is 12.5 Å². The molecule has 1 heterocycles. The monoisotopic (exact) mass is 285 g/mol. The van der Waals surface area contributed by atoms with Crippen LogP contribution in [0.25, 0.3) is 0 Å². The van der Waals surface area contributed by atoms with Crippen LogP contribution in [0.5, 0.6) is 0 Å². The zero-order chi connectivity index (χ0) is 15.1. The van der Waals surface area contributed by atoms with E-state index in [0.29, 0.717) is 11.4 Å². The van der Waals surface area contributed by atoms with E-state index in [4.69, 9.17) is 4.42 Å². The van der Waals surface area contributed by atoms with E-state index < -0.39 is 11.8 Å². The van der Waals surface area contributed by atoms with E-state index in [9.17, 15) is 9.59 Å². The van der Waals surface area contributed by atoms with Crippen molar-refractivity contribution in [2.75, 3.05) is 5.32 Å². The molecule has 0 aliphatic rings. The number of amides is 2. The lowest BCUT2D eigenvalue weighted by atomic mass is 10.1. The Bertz CT molecular complexity index is 648. The fraction of sp³-hybridized carbons (Fsp3) is 0.133. The molecule has 2 rings (SSSR count). The van der Waals surface area contributed by atoms with Crippen molar-refractivity contribution < 1.29 is 14.0 Å². The molecule has 1 aromatic carbocycles. The molecule has 2 amide bonds. The number of benzene rings is 1. The Kier molecular flexibility index (Phi) is 4.87. The minimum atomic E-state index is -0.844. The molecule has 0 aliphatic heterocycles. The summed E-state index contributed by atoms with van der Waals surface area (Å²) >= 11 is 0. The summed E-state index contributed by atoms with van der Waals surface area (Å²) in [6.45, 7) is 1.97. The number of carbonyl (C=O) groups is 2. The van der Waals surface area contributed by atoms with E-state index in [0.717, 1.165) is 12.0 Å². The van der Waals surface area contributed by atoms with Gasteiger partial charge >= 0.3 is 11.8 Å². The van der Waals surface area contributed by atoms with Crippen LogP contribution in [-0.2, 0) is 16.0 Å². The second-order valence-electron chi connectivity index (χ2n) is 4.18. The summed E-state index contributed by atoms with van der Waals surface area (Å²) in [5.41, 5.74) is 3.71. The zero-order valence-electron chi connectivity index (χ0n) is 11.5. The van der Waals surface area contributed by atoms with Crippen molar-refractivity contribution in [2.24, 2.45) is 5.10 Å². The molecule has 0 aliphatic carbocycles. The Labute approximate surface area is 121 Å². The fourth-order valence-electron chi connectivity index (χ4n) is 1.70. The molecule has 1 aromatic heterocycles. The number of rotatable bonds is 4. The largest absolute Gasteiger partial charge is 0.463 e. The van der Waals surface area contributed by atoms with Crippen LogP contribution < -0.4 is 10.7 Å². The molecule has 21 heavy (non-hydrogen) atoms. The highest BCUT2D eigenvalue weighted by Crippen LogP contribution is 2.14. The molecule has 0 bridgehead atoms. The zero-order valence-corrected chi connectivity index (χ0v) is 11.5. The Hall–Kier alpha value is -2.89. The summed E-state index contributed by atoms with van der Waals surface area (Å²) in [5.74, 6) is -1.14. The Morgan fingerprint density at radius 3 is 2.71 bits per heavy atom. The van der Waals surface area contributed by atoms with Crippen LogP contribution in [-0.4, -0.2) is 18.0 Å². The van der Waals surface area contributed by atoms with Gasteiger partial charge < -0.3 is 9.73 Å². The molecule has 0 saturated carbocycles. The fourth-order valence-corrected chi connectivity index (χ4v) is 1.70. The summed E-state index contributed by atoms with van der Waals surface area (Å²) in [6, 6.07) is 10.7. The molecular weight excluding hydrogens is 270 g/mol. The predicted octanol–water partition coefficient (Wildman–Crippen LogP) is 1.93. The Morgan fingerprint density at radius 2 is 2.00 bits per heavy atom. The van der Waals surface area contributed by atoms with Gasteiger partial charge in [-0.3, -0.25) is 9.59 Å². The van der Waals surface area contributed by atoms with Crippen molar-refractivity contribution in [1.29, 1.82) is 0 Å². The van der Waals surface area contributed by atoms with E-state index in [-0.39, 0.29) is 0 Å². The van der Waals surface area contributed by atoms with Gasteiger partial charge in [-0.2, -0.15) is 5.10 Å². The average molecular weight is 285 g/mol. The summed E-state index contributed by atoms with van der Waals surface area (Å²) in [5, 5.41) is 6.20. The molecule has 6 nitrogen and oxygen atoms in total. The summed E-state index contributed by atoms with van der Waals surface area (Å²) in [4.78, 5) is 23.4. The van der Waals surface area contributed by atoms with Gasteiger partial charge in [0.25, 0.3) is 0 Å². The number of hydrazone groups is 1. The van der Waals surface area contributed by atoms with Gasteiger partial charge in [0.2, 0.25) is 0 Å². The van der Waals surface area contributed by atoms with Crippen molar-refractivity contribution in [1.82, 2.24) is 5.43 Å². The first kappa shape index (κ1) is 14.5. The van der Waals surface area contributed by atoms with Gasteiger partial charge in [-0.15, -0.1) is 0 Å². The highest BCUT2D eigenvalue weighted by atomic mass is 16.3. The standard InChI is InChI=1S/C15H15N3O3/c1-2-11-6-3-4-8-13(11)17-14(19)15(20)18-16-10-12-7-5-9-21-12/h3-10H,2H2,1H3,(H,17,19)(H,18,20)/b16-10-.